The third kappa shape index (κ3) is 3.53. The summed E-state index contributed by atoms with van der Waals surface area (Å²) in [6.07, 6.45) is 0. The van der Waals surface area contributed by atoms with E-state index >= 15 is 0 Å². The van der Waals surface area contributed by atoms with Gasteiger partial charge in [-0.15, -0.1) is 11.8 Å². The van der Waals surface area contributed by atoms with Crippen LogP contribution < -0.4 is 5.32 Å². The van der Waals surface area contributed by atoms with E-state index in [-0.39, 0.29) is 16.9 Å². The number of thioether (sulfide) groups is 1. The summed E-state index contributed by atoms with van der Waals surface area (Å²) in [4.78, 5) is 24.0. The molecule has 1 aliphatic carbocycles. The number of carbonyl (C=O) groups is 2. The Morgan fingerprint density at radius 1 is 0.889 bits per heavy atom. The second kappa shape index (κ2) is 7.41. The monoisotopic (exact) mass is 373 g/mol. The molecule has 0 atom stereocenters. The van der Waals surface area contributed by atoms with Crippen LogP contribution in [0.4, 0.5) is 5.69 Å². The number of Topliss-reactive ketones (excluding diaryl/α,β-unsaturated/α-hetero) is 1. The summed E-state index contributed by atoms with van der Waals surface area (Å²) in [5.74, 6) is 0.264. The van der Waals surface area contributed by atoms with Gasteiger partial charge in [-0.05, 0) is 41.3 Å². The molecule has 0 saturated carbocycles. The number of hydrogen-bond acceptors (Lipinski definition) is 3. The van der Waals surface area contributed by atoms with E-state index in [0.29, 0.717) is 17.0 Å². The summed E-state index contributed by atoms with van der Waals surface area (Å²) in [5.41, 5.74) is 6.27. The van der Waals surface area contributed by atoms with Crippen molar-refractivity contribution in [2.45, 2.75) is 12.2 Å². The van der Waals surface area contributed by atoms with Crippen molar-refractivity contribution in [3.8, 4) is 11.1 Å². The quantitative estimate of drug-likeness (QED) is 0.615. The molecular formula is C23H19NO2S. The molecule has 0 unspecified atom stereocenters. The second-order valence-corrected chi connectivity index (χ2v) is 7.64. The van der Waals surface area contributed by atoms with Gasteiger partial charge in [0.1, 0.15) is 0 Å². The molecule has 4 heteroatoms. The lowest BCUT2D eigenvalue weighted by Gasteiger charge is -2.13. The molecule has 0 aromatic heterocycles. The molecule has 1 aliphatic rings. The predicted octanol–water partition coefficient (Wildman–Crippen LogP) is 5.33. The number of hydrogen-bond donors (Lipinski definition) is 1. The number of ketones is 1. The Morgan fingerprint density at radius 3 is 2.15 bits per heavy atom. The molecule has 0 spiro atoms. The molecular weight excluding hydrogens is 354 g/mol. The van der Waals surface area contributed by atoms with Gasteiger partial charge in [0.15, 0.2) is 5.78 Å². The highest BCUT2D eigenvalue weighted by Crippen LogP contribution is 2.49. The first kappa shape index (κ1) is 17.6. The minimum Gasteiger partial charge on any atom is -0.325 e. The number of amides is 1. The van der Waals surface area contributed by atoms with Crippen molar-refractivity contribution in [1.29, 1.82) is 0 Å². The molecule has 0 heterocycles. The Balaban J connectivity index is 1.48. The summed E-state index contributed by atoms with van der Waals surface area (Å²) >= 11 is 1.63. The number of rotatable bonds is 5. The fraction of sp³-hybridized carbons (Fsp3) is 0.130. The van der Waals surface area contributed by atoms with Crippen molar-refractivity contribution >= 4 is 29.1 Å². The SMILES string of the molecule is CC(=O)c1cccc(NC(=O)CSC2c3ccccc3-c3ccccc32)c1. The largest absolute Gasteiger partial charge is 0.325 e. The third-order valence-corrected chi connectivity index (χ3v) is 5.98. The van der Waals surface area contributed by atoms with Gasteiger partial charge in [-0.3, -0.25) is 9.59 Å². The molecule has 0 fully saturated rings. The maximum absolute atomic E-state index is 12.5. The number of anilines is 1. The lowest BCUT2D eigenvalue weighted by molar-refractivity contribution is -0.113. The molecule has 0 bridgehead atoms. The normalized spacial score (nSPS) is 12.3. The molecule has 0 saturated heterocycles. The zero-order valence-electron chi connectivity index (χ0n) is 14.9. The van der Waals surface area contributed by atoms with E-state index in [2.05, 4.69) is 41.7 Å². The van der Waals surface area contributed by atoms with Gasteiger partial charge >= 0.3 is 0 Å². The van der Waals surface area contributed by atoms with E-state index in [1.165, 1.54) is 29.2 Å². The lowest BCUT2D eigenvalue weighted by Crippen LogP contribution is -2.15. The zero-order chi connectivity index (χ0) is 18.8. The number of benzene rings is 3. The highest BCUT2D eigenvalue weighted by atomic mass is 32.2. The van der Waals surface area contributed by atoms with Gasteiger partial charge < -0.3 is 5.32 Å². The molecule has 134 valence electrons. The van der Waals surface area contributed by atoms with Gasteiger partial charge in [-0.1, -0.05) is 60.7 Å². The summed E-state index contributed by atoms with van der Waals surface area (Å²) < 4.78 is 0. The maximum atomic E-state index is 12.5. The molecule has 3 nitrogen and oxygen atoms in total. The van der Waals surface area contributed by atoms with Gasteiger partial charge in [-0.25, -0.2) is 0 Å². The minimum absolute atomic E-state index is 0.0142. The molecule has 3 aromatic carbocycles. The van der Waals surface area contributed by atoms with Crippen LogP contribution in [0, 0.1) is 0 Å². The third-order valence-electron chi connectivity index (χ3n) is 4.71. The molecule has 0 radical (unpaired) electrons. The fourth-order valence-electron chi connectivity index (χ4n) is 3.46. The van der Waals surface area contributed by atoms with Crippen LogP contribution in [0.15, 0.2) is 72.8 Å². The van der Waals surface area contributed by atoms with Gasteiger partial charge in [-0.2, -0.15) is 0 Å². The Labute approximate surface area is 162 Å². The number of carbonyl (C=O) groups excluding carboxylic acids is 2. The smallest absolute Gasteiger partial charge is 0.234 e. The van der Waals surface area contributed by atoms with Crippen molar-refractivity contribution in [1.82, 2.24) is 0 Å². The van der Waals surface area contributed by atoms with E-state index in [0.717, 1.165) is 0 Å². The van der Waals surface area contributed by atoms with E-state index in [4.69, 9.17) is 0 Å². The van der Waals surface area contributed by atoms with E-state index in [1.807, 2.05) is 12.1 Å². The average molecular weight is 373 g/mol. The van der Waals surface area contributed by atoms with Crippen LogP contribution in [-0.4, -0.2) is 17.4 Å². The second-order valence-electron chi connectivity index (χ2n) is 6.55. The van der Waals surface area contributed by atoms with Crippen LogP contribution >= 0.6 is 11.8 Å². The van der Waals surface area contributed by atoms with Crippen LogP contribution in [-0.2, 0) is 4.79 Å². The Morgan fingerprint density at radius 2 is 1.52 bits per heavy atom. The van der Waals surface area contributed by atoms with Crippen molar-refractivity contribution in [3.05, 3.63) is 89.5 Å². The first-order valence-electron chi connectivity index (χ1n) is 8.84. The summed E-state index contributed by atoms with van der Waals surface area (Å²) in [6.45, 7) is 1.52. The predicted molar refractivity (Wildman–Crippen MR) is 111 cm³/mol. The van der Waals surface area contributed by atoms with E-state index in [1.54, 1.807) is 36.0 Å². The van der Waals surface area contributed by atoms with Crippen LogP contribution in [0.2, 0.25) is 0 Å². The Kier molecular flexibility index (Phi) is 4.82. The molecule has 27 heavy (non-hydrogen) atoms. The molecule has 1 N–H and O–H groups in total. The number of fused-ring (bicyclic) bond motifs is 3. The maximum Gasteiger partial charge on any atom is 0.234 e. The van der Waals surface area contributed by atoms with Gasteiger partial charge in [0.05, 0.1) is 11.0 Å². The van der Waals surface area contributed by atoms with Crippen molar-refractivity contribution < 1.29 is 9.59 Å². The summed E-state index contributed by atoms with van der Waals surface area (Å²) in [7, 11) is 0. The minimum atomic E-state index is -0.0671. The summed E-state index contributed by atoms with van der Waals surface area (Å²) in [5, 5.41) is 3.06. The lowest BCUT2D eigenvalue weighted by atomic mass is 10.1. The topological polar surface area (TPSA) is 46.2 Å². The average Bonchev–Trinajstić information content (AvgIpc) is 3.00. The summed E-state index contributed by atoms with van der Waals surface area (Å²) in [6, 6.07) is 23.8. The first-order valence-corrected chi connectivity index (χ1v) is 9.89. The van der Waals surface area contributed by atoms with E-state index in [9.17, 15) is 9.59 Å². The highest BCUT2D eigenvalue weighted by Gasteiger charge is 2.28. The molecule has 4 rings (SSSR count). The van der Waals surface area contributed by atoms with Crippen molar-refractivity contribution in [2.75, 3.05) is 11.1 Å². The van der Waals surface area contributed by atoms with Crippen LogP contribution in [0.1, 0.15) is 33.7 Å². The van der Waals surface area contributed by atoms with Crippen molar-refractivity contribution in [3.63, 3.8) is 0 Å². The van der Waals surface area contributed by atoms with Crippen LogP contribution in [0.3, 0.4) is 0 Å². The molecule has 0 aliphatic heterocycles. The van der Waals surface area contributed by atoms with Gasteiger partial charge in [0.25, 0.3) is 0 Å². The Bertz CT molecular complexity index is 983. The molecule has 3 aromatic rings. The van der Waals surface area contributed by atoms with Crippen molar-refractivity contribution in [2.24, 2.45) is 0 Å². The highest BCUT2D eigenvalue weighted by molar-refractivity contribution is 8.00. The van der Waals surface area contributed by atoms with Crippen LogP contribution in [0.25, 0.3) is 11.1 Å². The van der Waals surface area contributed by atoms with Gasteiger partial charge in [0, 0.05) is 11.3 Å². The van der Waals surface area contributed by atoms with Gasteiger partial charge in [0.2, 0.25) is 5.91 Å². The fourth-order valence-corrected chi connectivity index (χ4v) is 4.62. The standard InChI is InChI=1S/C23H19NO2S/c1-15(25)16-7-6-8-17(13-16)24-22(26)14-27-23-20-11-4-2-9-18(20)19-10-3-5-12-21(19)23/h2-13,23H,14H2,1H3,(H,24,26). The number of nitrogens with one attached hydrogen (secondary N) is 1. The van der Waals surface area contributed by atoms with E-state index < -0.39 is 0 Å². The molecule has 1 amide bonds. The van der Waals surface area contributed by atoms with Crippen LogP contribution in [0.5, 0.6) is 0 Å². The Hall–Kier alpha value is -2.85. The first-order chi connectivity index (χ1) is 13.1. The zero-order valence-corrected chi connectivity index (χ0v) is 15.8.